The Kier molecular flexibility index (Phi) is 7.37. The summed E-state index contributed by atoms with van der Waals surface area (Å²) in [6, 6.07) is 21.1. The van der Waals surface area contributed by atoms with Crippen LogP contribution in [0.5, 0.6) is 5.75 Å². The van der Waals surface area contributed by atoms with Gasteiger partial charge in [-0.25, -0.2) is 4.98 Å². The number of halogens is 3. The molecule has 5 rings (SSSR count). The number of likely N-dealkylation sites (tertiary alicyclic amines) is 1. The van der Waals surface area contributed by atoms with E-state index in [4.69, 9.17) is 9.72 Å². The Bertz CT molecular complexity index is 1410. The van der Waals surface area contributed by atoms with E-state index >= 15 is 0 Å². The topological polar surface area (TPSA) is 59.4 Å². The van der Waals surface area contributed by atoms with Crippen LogP contribution in [0.4, 0.5) is 18.9 Å². The summed E-state index contributed by atoms with van der Waals surface area (Å²) in [7, 11) is 1.64. The van der Waals surface area contributed by atoms with Gasteiger partial charge < -0.3 is 14.6 Å². The summed E-state index contributed by atoms with van der Waals surface area (Å²) >= 11 is 0. The third-order valence-corrected chi connectivity index (χ3v) is 7.05. The van der Waals surface area contributed by atoms with Gasteiger partial charge in [0.1, 0.15) is 11.6 Å². The number of aromatic nitrogens is 2. The van der Waals surface area contributed by atoms with E-state index in [0.717, 1.165) is 34.2 Å². The van der Waals surface area contributed by atoms with Crippen molar-refractivity contribution in [2.24, 2.45) is 5.92 Å². The predicted molar refractivity (Wildman–Crippen MR) is 140 cm³/mol. The van der Waals surface area contributed by atoms with E-state index in [-0.39, 0.29) is 17.5 Å². The summed E-state index contributed by atoms with van der Waals surface area (Å²) < 4.78 is 47.4. The van der Waals surface area contributed by atoms with Gasteiger partial charge in [-0.2, -0.15) is 13.2 Å². The number of alkyl halides is 3. The van der Waals surface area contributed by atoms with Gasteiger partial charge in [0.2, 0.25) is 5.91 Å². The first kappa shape index (κ1) is 25.8. The molecule has 2 heterocycles. The zero-order chi connectivity index (χ0) is 26.7. The van der Waals surface area contributed by atoms with Crippen LogP contribution in [0.2, 0.25) is 0 Å². The summed E-state index contributed by atoms with van der Waals surface area (Å²) in [6.07, 6.45) is -3.39. The molecule has 1 fully saturated rings. The molecule has 0 atom stereocenters. The second-order valence-corrected chi connectivity index (χ2v) is 9.53. The smallest absolute Gasteiger partial charge is 0.418 e. The van der Waals surface area contributed by atoms with Crippen molar-refractivity contribution in [3.05, 3.63) is 89.7 Å². The van der Waals surface area contributed by atoms with E-state index < -0.39 is 11.7 Å². The van der Waals surface area contributed by atoms with Crippen molar-refractivity contribution in [3.8, 4) is 5.75 Å². The second kappa shape index (κ2) is 10.9. The Labute approximate surface area is 219 Å². The molecule has 38 heavy (non-hydrogen) atoms. The zero-order valence-corrected chi connectivity index (χ0v) is 21.0. The Morgan fingerprint density at radius 2 is 1.66 bits per heavy atom. The van der Waals surface area contributed by atoms with Crippen LogP contribution in [0, 0.1) is 5.92 Å². The minimum absolute atomic E-state index is 0.195. The number of nitrogens with zero attached hydrogens (tertiary/aromatic N) is 3. The fourth-order valence-corrected chi connectivity index (χ4v) is 4.96. The fourth-order valence-electron chi connectivity index (χ4n) is 4.96. The molecule has 4 aromatic rings. The number of para-hydroxylation sites is 3. The Hall–Kier alpha value is -3.85. The highest BCUT2D eigenvalue weighted by Crippen LogP contribution is 2.35. The number of fused-ring (bicyclic) bond motifs is 1. The molecule has 0 bridgehead atoms. The molecular weight excluding hydrogens is 493 g/mol. The van der Waals surface area contributed by atoms with E-state index in [9.17, 15) is 18.0 Å². The van der Waals surface area contributed by atoms with E-state index in [0.29, 0.717) is 39.0 Å². The van der Waals surface area contributed by atoms with Crippen molar-refractivity contribution < 1.29 is 22.7 Å². The average molecular weight is 523 g/mol. The van der Waals surface area contributed by atoms with Crippen LogP contribution < -0.4 is 10.1 Å². The van der Waals surface area contributed by atoms with E-state index in [1.807, 2.05) is 42.5 Å². The van der Waals surface area contributed by atoms with Crippen LogP contribution in [0.15, 0.2) is 72.8 Å². The quantitative estimate of drug-likeness (QED) is 0.325. The number of rotatable bonds is 7. The zero-order valence-electron chi connectivity index (χ0n) is 21.0. The monoisotopic (exact) mass is 522 g/mol. The number of carbonyl (C=O) groups excluding carboxylic acids is 1. The minimum atomic E-state index is -4.52. The van der Waals surface area contributed by atoms with Crippen LogP contribution in [0.1, 0.15) is 29.8 Å². The number of methoxy groups -OCH3 is 1. The number of anilines is 1. The molecule has 0 spiro atoms. The van der Waals surface area contributed by atoms with Crippen molar-refractivity contribution in [2.45, 2.75) is 32.1 Å². The van der Waals surface area contributed by atoms with Gasteiger partial charge in [0, 0.05) is 12.5 Å². The number of imidazole rings is 1. The third kappa shape index (κ3) is 5.67. The summed E-state index contributed by atoms with van der Waals surface area (Å²) in [5, 5.41) is 2.51. The van der Waals surface area contributed by atoms with Crippen molar-refractivity contribution in [2.75, 3.05) is 25.5 Å². The highest BCUT2D eigenvalue weighted by Gasteiger charge is 2.34. The summed E-state index contributed by atoms with van der Waals surface area (Å²) in [5.74, 6) is 1.03. The first-order valence-corrected chi connectivity index (χ1v) is 12.6. The number of piperidine rings is 1. The molecule has 1 aliphatic rings. The second-order valence-electron chi connectivity index (χ2n) is 9.53. The summed E-state index contributed by atoms with van der Waals surface area (Å²) in [4.78, 5) is 19.9. The molecule has 9 heteroatoms. The lowest BCUT2D eigenvalue weighted by atomic mass is 9.95. The lowest BCUT2D eigenvalue weighted by Crippen LogP contribution is -2.38. The lowest BCUT2D eigenvalue weighted by Gasteiger charge is -2.31. The number of hydrogen-bond acceptors (Lipinski definition) is 4. The molecule has 1 N–H and O–H groups in total. The normalized spacial score (nSPS) is 15.1. The number of nitrogens with one attached hydrogen (secondary N) is 1. The number of benzene rings is 3. The van der Waals surface area contributed by atoms with Crippen molar-refractivity contribution in [1.82, 2.24) is 14.5 Å². The number of carbonyl (C=O) groups is 1. The van der Waals surface area contributed by atoms with E-state index in [1.54, 1.807) is 7.11 Å². The molecular formula is C29H29F3N4O2. The Morgan fingerprint density at radius 3 is 2.37 bits per heavy atom. The molecule has 1 aliphatic heterocycles. The molecule has 0 aliphatic carbocycles. The molecule has 1 amide bonds. The average Bonchev–Trinajstić information content (AvgIpc) is 3.25. The predicted octanol–water partition coefficient (Wildman–Crippen LogP) is 5.96. The van der Waals surface area contributed by atoms with Gasteiger partial charge in [-0.1, -0.05) is 36.4 Å². The Morgan fingerprint density at radius 1 is 0.974 bits per heavy atom. The molecule has 0 saturated carbocycles. The van der Waals surface area contributed by atoms with Crippen molar-refractivity contribution in [1.29, 1.82) is 0 Å². The molecule has 0 radical (unpaired) electrons. The Balaban J connectivity index is 1.25. The molecule has 0 unspecified atom stereocenters. The molecule has 6 nitrogen and oxygen atoms in total. The maximum Gasteiger partial charge on any atom is 0.418 e. The fraction of sp³-hybridized carbons (Fsp3) is 0.310. The number of ether oxygens (including phenoxy) is 1. The van der Waals surface area contributed by atoms with Gasteiger partial charge in [-0.3, -0.25) is 9.69 Å². The number of hydrogen-bond donors (Lipinski definition) is 1. The molecule has 1 saturated heterocycles. The molecule has 1 aromatic heterocycles. The maximum absolute atomic E-state index is 13.3. The van der Waals surface area contributed by atoms with Crippen LogP contribution in [-0.4, -0.2) is 40.6 Å². The van der Waals surface area contributed by atoms with Gasteiger partial charge in [0.25, 0.3) is 0 Å². The standard InChI is InChI=1S/C29H29F3N4O2/c1-38-22-12-10-20(11-13-22)18-36-26-9-5-4-8-25(26)33-27(36)19-35-16-14-21(15-17-35)28(37)34-24-7-3-2-6-23(24)29(30,31)32/h2-13,21H,14-19H2,1H3,(H,34,37). The largest absolute Gasteiger partial charge is 0.497 e. The van der Waals surface area contributed by atoms with Gasteiger partial charge in [0.15, 0.2) is 0 Å². The summed E-state index contributed by atoms with van der Waals surface area (Å²) in [6.45, 7) is 2.60. The van der Waals surface area contributed by atoms with Crippen LogP contribution in [0.3, 0.4) is 0 Å². The maximum atomic E-state index is 13.3. The van der Waals surface area contributed by atoms with Gasteiger partial charge >= 0.3 is 6.18 Å². The van der Waals surface area contributed by atoms with Gasteiger partial charge in [-0.15, -0.1) is 0 Å². The SMILES string of the molecule is COc1ccc(Cn2c(CN3CCC(C(=O)Nc4ccccc4C(F)(F)F)CC3)nc3ccccc32)cc1. The highest BCUT2D eigenvalue weighted by atomic mass is 19.4. The minimum Gasteiger partial charge on any atom is -0.497 e. The third-order valence-electron chi connectivity index (χ3n) is 7.05. The highest BCUT2D eigenvalue weighted by molar-refractivity contribution is 5.93. The van der Waals surface area contributed by atoms with E-state index in [2.05, 4.69) is 20.9 Å². The van der Waals surface area contributed by atoms with Crippen LogP contribution in [0.25, 0.3) is 11.0 Å². The van der Waals surface area contributed by atoms with E-state index in [1.165, 1.54) is 18.2 Å². The van der Waals surface area contributed by atoms with Crippen LogP contribution >= 0.6 is 0 Å². The first-order valence-electron chi connectivity index (χ1n) is 12.6. The van der Waals surface area contributed by atoms with Gasteiger partial charge in [-0.05, 0) is 67.9 Å². The van der Waals surface area contributed by atoms with Gasteiger partial charge in [0.05, 0.1) is 35.9 Å². The van der Waals surface area contributed by atoms with Crippen LogP contribution in [-0.2, 0) is 24.1 Å². The first-order chi connectivity index (χ1) is 18.3. The summed E-state index contributed by atoms with van der Waals surface area (Å²) in [5.41, 5.74) is 2.08. The van der Waals surface area contributed by atoms with Crippen molar-refractivity contribution >= 4 is 22.6 Å². The lowest BCUT2D eigenvalue weighted by molar-refractivity contribution is -0.137. The number of amides is 1. The molecule has 3 aromatic carbocycles. The van der Waals surface area contributed by atoms with Crippen molar-refractivity contribution in [3.63, 3.8) is 0 Å². The molecule has 198 valence electrons.